The van der Waals surface area contributed by atoms with Gasteiger partial charge in [-0.1, -0.05) is 52.3 Å². The average Bonchev–Trinajstić information content (AvgIpc) is 3.25. The molecular weight excluding hydrogens is 328 g/mol. The van der Waals surface area contributed by atoms with E-state index in [4.69, 9.17) is 4.74 Å². The number of hydrogen-bond donors (Lipinski definition) is 0. The number of carbonyl (C=O) groups is 1. The highest BCUT2D eigenvalue weighted by molar-refractivity contribution is 9.10. The highest BCUT2D eigenvalue weighted by Gasteiger charge is 2.62. The van der Waals surface area contributed by atoms with Crippen LogP contribution in [0.15, 0.2) is 53.0 Å². The lowest BCUT2D eigenvalue weighted by Gasteiger charge is -2.09. The molecule has 0 amide bonds. The zero-order valence-corrected chi connectivity index (χ0v) is 13.1. The molecule has 2 aromatic carbocycles. The largest absolute Gasteiger partial charge is 0.352 e. The third-order valence-electron chi connectivity index (χ3n) is 4.51. The summed E-state index contributed by atoms with van der Waals surface area (Å²) in [6.45, 7) is 0. The summed E-state index contributed by atoms with van der Waals surface area (Å²) < 4.78 is 7.00. The van der Waals surface area contributed by atoms with Crippen LogP contribution in [0.3, 0.4) is 0 Å². The second-order valence-corrected chi connectivity index (χ2v) is 6.69. The van der Waals surface area contributed by atoms with Crippen LogP contribution >= 0.6 is 15.9 Å². The monoisotopic (exact) mass is 342 g/mol. The van der Waals surface area contributed by atoms with Gasteiger partial charge in [-0.3, -0.25) is 4.79 Å². The van der Waals surface area contributed by atoms with Crippen LogP contribution in [-0.2, 0) is 11.2 Å². The van der Waals surface area contributed by atoms with Gasteiger partial charge in [0.25, 0.3) is 0 Å². The number of halogens is 1. The first-order valence-electron chi connectivity index (χ1n) is 7.27. The van der Waals surface area contributed by atoms with Crippen molar-refractivity contribution in [3.05, 3.63) is 69.7 Å². The van der Waals surface area contributed by atoms with E-state index in [1.165, 1.54) is 0 Å². The maximum absolute atomic E-state index is 12.9. The van der Waals surface area contributed by atoms with E-state index in [2.05, 4.69) is 22.0 Å². The van der Waals surface area contributed by atoms with Gasteiger partial charge in [0.15, 0.2) is 11.4 Å². The Morgan fingerprint density at radius 3 is 2.67 bits per heavy atom. The Labute approximate surface area is 132 Å². The summed E-state index contributed by atoms with van der Waals surface area (Å²) in [5.74, 6) is 0.156. The zero-order valence-electron chi connectivity index (χ0n) is 11.5. The van der Waals surface area contributed by atoms with Crippen molar-refractivity contribution in [2.45, 2.75) is 31.0 Å². The Morgan fingerprint density at radius 2 is 1.86 bits per heavy atom. The Bertz CT molecular complexity index is 707. The molecule has 2 aliphatic rings. The molecule has 2 nitrogen and oxygen atoms in total. The first-order valence-corrected chi connectivity index (χ1v) is 8.06. The van der Waals surface area contributed by atoms with E-state index in [0.717, 1.165) is 40.4 Å². The highest BCUT2D eigenvalue weighted by Crippen LogP contribution is 2.55. The van der Waals surface area contributed by atoms with Crippen LogP contribution in [0.1, 0.15) is 40.4 Å². The van der Waals surface area contributed by atoms with Crippen molar-refractivity contribution in [1.29, 1.82) is 0 Å². The van der Waals surface area contributed by atoms with Gasteiger partial charge >= 0.3 is 0 Å². The van der Waals surface area contributed by atoms with Crippen LogP contribution in [0, 0.1) is 0 Å². The molecule has 4 rings (SSSR count). The molecule has 0 radical (unpaired) electrons. The van der Waals surface area contributed by atoms with Gasteiger partial charge in [0.05, 0.1) is 0 Å². The van der Waals surface area contributed by atoms with Gasteiger partial charge in [-0.2, -0.15) is 0 Å². The van der Waals surface area contributed by atoms with Crippen LogP contribution in [0.5, 0.6) is 0 Å². The van der Waals surface area contributed by atoms with Gasteiger partial charge in [-0.25, -0.2) is 0 Å². The quantitative estimate of drug-likeness (QED) is 0.715. The summed E-state index contributed by atoms with van der Waals surface area (Å²) in [5.41, 5.74) is 2.46. The minimum atomic E-state index is -0.625. The molecule has 106 valence electrons. The van der Waals surface area contributed by atoms with Gasteiger partial charge in [-0.15, -0.1) is 0 Å². The minimum absolute atomic E-state index is 0.0933. The van der Waals surface area contributed by atoms with Crippen molar-refractivity contribution in [1.82, 2.24) is 0 Å². The van der Waals surface area contributed by atoms with Gasteiger partial charge in [0.2, 0.25) is 0 Å². The molecule has 1 heterocycles. The number of rotatable bonds is 1. The Hall–Kier alpha value is -1.45. The molecule has 3 heteroatoms. The smallest absolute Gasteiger partial charge is 0.197 e. The third-order valence-corrected chi connectivity index (χ3v) is 5.04. The number of benzene rings is 2. The summed E-state index contributed by atoms with van der Waals surface area (Å²) in [4.78, 5) is 12.9. The second kappa shape index (κ2) is 4.79. The molecule has 0 unspecified atom stereocenters. The van der Waals surface area contributed by atoms with Gasteiger partial charge in [0.1, 0.15) is 6.10 Å². The Morgan fingerprint density at radius 1 is 1.10 bits per heavy atom. The van der Waals surface area contributed by atoms with E-state index >= 15 is 0 Å². The number of fused-ring (bicyclic) bond motifs is 1. The van der Waals surface area contributed by atoms with E-state index in [1.807, 2.05) is 42.5 Å². The Balaban J connectivity index is 1.70. The number of carbonyl (C=O) groups excluding carboxylic acids is 1. The summed E-state index contributed by atoms with van der Waals surface area (Å²) in [5, 5.41) is 0. The van der Waals surface area contributed by atoms with Crippen molar-refractivity contribution in [2.75, 3.05) is 0 Å². The number of Topliss-reactive ketones (excluding diaryl/α,β-unsaturated/α-hetero) is 1. The van der Waals surface area contributed by atoms with E-state index in [0.29, 0.717) is 0 Å². The van der Waals surface area contributed by atoms with Crippen LogP contribution in [0.2, 0.25) is 0 Å². The maximum Gasteiger partial charge on any atom is 0.197 e. The molecule has 21 heavy (non-hydrogen) atoms. The number of epoxide rings is 1. The van der Waals surface area contributed by atoms with Crippen LogP contribution in [0.4, 0.5) is 0 Å². The van der Waals surface area contributed by atoms with E-state index in [9.17, 15) is 4.79 Å². The normalized spacial score (nSPS) is 27.3. The molecule has 1 spiro atoms. The minimum Gasteiger partial charge on any atom is -0.352 e. The first-order chi connectivity index (χ1) is 10.2. The van der Waals surface area contributed by atoms with E-state index in [1.54, 1.807) is 0 Å². The van der Waals surface area contributed by atoms with Gasteiger partial charge < -0.3 is 4.74 Å². The van der Waals surface area contributed by atoms with E-state index in [-0.39, 0.29) is 11.9 Å². The fraction of sp³-hybridized carbons (Fsp3) is 0.278. The summed E-state index contributed by atoms with van der Waals surface area (Å²) >= 11 is 3.44. The Kier molecular flexibility index (Phi) is 3.02. The number of aryl methyl sites for hydroxylation is 1. The van der Waals surface area contributed by atoms with Crippen LogP contribution in [-0.4, -0.2) is 11.4 Å². The molecular formula is C18H15BrO2. The van der Waals surface area contributed by atoms with Crippen LogP contribution < -0.4 is 0 Å². The lowest BCUT2D eigenvalue weighted by atomic mass is 9.89. The first kappa shape index (κ1) is 13.2. The fourth-order valence-electron chi connectivity index (χ4n) is 3.36. The van der Waals surface area contributed by atoms with Gasteiger partial charge in [-0.05, 0) is 42.5 Å². The SMILES string of the molecule is O=C1c2ccccc2CCC[C@@]12O[C@@H]2c1ccc(Br)cc1. The molecule has 2 atom stereocenters. The number of ketones is 1. The highest BCUT2D eigenvalue weighted by atomic mass is 79.9. The second-order valence-electron chi connectivity index (χ2n) is 5.78. The predicted octanol–water partition coefficient (Wildman–Crippen LogP) is 4.48. The molecule has 0 bridgehead atoms. The van der Waals surface area contributed by atoms with E-state index < -0.39 is 5.60 Å². The lowest BCUT2D eigenvalue weighted by molar-refractivity contribution is 0.0867. The number of ether oxygens (including phenoxy) is 1. The molecule has 1 fully saturated rings. The lowest BCUT2D eigenvalue weighted by Crippen LogP contribution is -2.24. The molecule has 1 aliphatic heterocycles. The third kappa shape index (κ3) is 2.07. The summed E-state index contributed by atoms with van der Waals surface area (Å²) in [6, 6.07) is 16.0. The van der Waals surface area contributed by atoms with Crippen molar-refractivity contribution in [3.63, 3.8) is 0 Å². The molecule has 0 N–H and O–H groups in total. The van der Waals surface area contributed by atoms with Crippen LogP contribution in [0.25, 0.3) is 0 Å². The summed E-state index contributed by atoms with van der Waals surface area (Å²) in [7, 11) is 0. The molecule has 0 aromatic heterocycles. The number of hydrogen-bond acceptors (Lipinski definition) is 2. The van der Waals surface area contributed by atoms with Gasteiger partial charge in [0, 0.05) is 10.0 Å². The van der Waals surface area contributed by atoms with Crippen molar-refractivity contribution < 1.29 is 9.53 Å². The fourth-order valence-corrected chi connectivity index (χ4v) is 3.62. The topological polar surface area (TPSA) is 29.6 Å². The average molecular weight is 343 g/mol. The zero-order chi connectivity index (χ0) is 14.4. The molecule has 1 aliphatic carbocycles. The standard InChI is InChI=1S/C18H15BrO2/c19-14-9-7-13(8-10-14)17-18(21-17)11-3-5-12-4-1-2-6-15(12)16(18)20/h1-2,4,6-10,17H,3,5,11H2/t17-,18-/m1/s1. The van der Waals surface area contributed by atoms with Crippen molar-refractivity contribution >= 4 is 21.7 Å². The predicted molar refractivity (Wildman–Crippen MR) is 84.4 cm³/mol. The maximum atomic E-state index is 12.9. The molecule has 2 aromatic rings. The summed E-state index contributed by atoms with van der Waals surface area (Å²) in [6.07, 6.45) is 2.67. The van der Waals surface area contributed by atoms with Crippen molar-refractivity contribution in [2.24, 2.45) is 0 Å². The molecule has 0 saturated carbocycles. The van der Waals surface area contributed by atoms with Crippen molar-refractivity contribution in [3.8, 4) is 0 Å². The molecule has 1 saturated heterocycles.